The van der Waals surface area contributed by atoms with E-state index in [-0.39, 0.29) is 0 Å². The molecule has 0 N–H and O–H groups in total. The summed E-state index contributed by atoms with van der Waals surface area (Å²) in [5, 5.41) is 12.6. The molecule has 288 valence electrons. The van der Waals surface area contributed by atoms with Crippen molar-refractivity contribution >= 4 is 53.9 Å². The van der Waals surface area contributed by atoms with E-state index < -0.39 is 0 Å². The van der Waals surface area contributed by atoms with Crippen LogP contribution < -0.4 is 0 Å². The van der Waals surface area contributed by atoms with Crippen LogP contribution in [0, 0.1) is 0 Å². The number of benzene rings is 12. The Kier molecular flexibility index (Phi) is 8.61. The van der Waals surface area contributed by atoms with E-state index >= 15 is 0 Å². The van der Waals surface area contributed by atoms with Gasteiger partial charge in [-0.3, -0.25) is 0 Å². The van der Waals surface area contributed by atoms with Crippen molar-refractivity contribution in [1.82, 2.24) is 0 Å². The van der Waals surface area contributed by atoms with Crippen molar-refractivity contribution in [2.45, 2.75) is 0 Å². The van der Waals surface area contributed by atoms with Crippen molar-refractivity contribution in [2.75, 3.05) is 0 Å². The molecule has 0 aliphatic rings. The third-order valence-electron chi connectivity index (χ3n) is 12.9. The number of fused-ring (bicyclic) bond motifs is 7. The van der Waals surface area contributed by atoms with Gasteiger partial charge in [0, 0.05) is 0 Å². The van der Waals surface area contributed by atoms with Gasteiger partial charge in [0.25, 0.3) is 0 Å². The third kappa shape index (κ3) is 5.99. The highest BCUT2D eigenvalue weighted by molar-refractivity contribution is 6.24. The Morgan fingerprint density at radius 3 is 0.710 bits per heavy atom. The zero-order valence-corrected chi connectivity index (χ0v) is 34.1. The molecule has 0 spiro atoms. The van der Waals surface area contributed by atoms with Gasteiger partial charge in [-0.1, -0.05) is 218 Å². The van der Waals surface area contributed by atoms with E-state index in [9.17, 15) is 0 Å². The Hall–Kier alpha value is -8.06. The van der Waals surface area contributed by atoms with Gasteiger partial charge in [0.2, 0.25) is 0 Å². The molecule has 0 aliphatic carbocycles. The van der Waals surface area contributed by atoms with Crippen LogP contribution in [0.3, 0.4) is 0 Å². The SMILES string of the molecule is c1ccc(-c2ccc(-c3cccc(-c4cc5c6ccccc6c(-c6cccc(-c7ccc(-c8ccccc8)c8ccccc78)c6)cc5c5ccccc45)c3)c3ccccc23)cc1. The van der Waals surface area contributed by atoms with Crippen LogP contribution in [0.25, 0.3) is 121 Å². The van der Waals surface area contributed by atoms with E-state index in [1.165, 1.54) is 121 Å². The fourth-order valence-electron chi connectivity index (χ4n) is 9.98. The van der Waals surface area contributed by atoms with Gasteiger partial charge in [0.15, 0.2) is 0 Å². The molecule has 0 amide bonds. The second-order valence-electron chi connectivity index (χ2n) is 16.3. The summed E-state index contributed by atoms with van der Waals surface area (Å²) in [5.74, 6) is 0. The molecule has 0 saturated carbocycles. The van der Waals surface area contributed by atoms with E-state index in [4.69, 9.17) is 0 Å². The first-order valence-corrected chi connectivity index (χ1v) is 21.5. The molecule has 0 heteroatoms. The predicted octanol–water partition coefficient (Wildman–Crippen LogP) is 17.5. The number of rotatable bonds is 6. The number of hydrogen-bond donors (Lipinski definition) is 0. The van der Waals surface area contributed by atoms with Crippen molar-refractivity contribution in [1.29, 1.82) is 0 Å². The van der Waals surface area contributed by atoms with Crippen LogP contribution in [0.1, 0.15) is 0 Å². The highest BCUT2D eigenvalue weighted by Gasteiger charge is 2.17. The van der Waals surface area contributed by atoms with Crippen LogP contribution >= 0.6 is 0 Å². The average molecular weight is 785 g/mol. The van der Waals surface area contributed by atoms with E-state index in [0.717, 1.165) is 0 Å². The van der Waals surface area contributed by atoms with Gasteiger partial charge in [-0.25, -0.2) is 0 Å². The lowest BCUT2D eigenvalue weighted by Crippen LogP contribution is -1.90. The molecule has 12 aromatic carbocycles. The first kappa shape index (κ1) is 35.8. The highest BCUT2D eigenvalue weighted by atomic mass is 14.2. The summed E-state index contributed by atoms with van der Waals surface area (Å²) in [7, 11) is 0. The lowest BCUT2D eigenvalue weighted by Gasteiger charge is -2.17. The Bertz CT molecular complexity index is 3430. The molecule has 12 aromatic rings. The zero-order chi connectivity index (χ0) is 41.0. The standard InChI is InChI=1S/C62H40/c1-3-17-41(18-4-1)47-33-35-49(53-27-9-7-25-51(47)53)43-21-15-23-45(37-43)59-39-61-58-32-14-12-30-56(58)60(40-62(61)57-31-13-11-29-55(57)59)46-24-16-22-44(38-46)50-36-34-48(42-19-5-2-6-20-42)52-26-8-10-28-54(50)52/h1-40H. The largest absolute Gasteiger partial charge is 0.0622 e. The molecule has 0 nitrogen and oxygen atoms in total. The minimum atomic E-state index is 1.21. The van der Waals surface area contributed by atoms with Gasteiger partial charge in [0.1, 0.15) is 0 Å². The second-order valence-corrected chi connectivity index (χ2v) is 16.3. The lowest BCUT2D eigenvalue weighted by atomic mass is 9.86. The maximum absolute atomic E-state index is 2.44. The normalized spacial score (nSPS) is 11.5. The topological polar surface area (TPSA) is 0 Å². The molecule has 0 aromatic heterocycles. The van der Waals surface area contributed by atoms with Gasteiger partial charge in [-0.15, -0.1) is 0 Å². The van der Waals surface area contributed by atoms with Gasteiger partial charge in [-0.2, -0.15) is 0 Å². The summed E-state index contributed by atoms with van der Waals surface area (Å²) in [4.78, 5) is 0. The maximum Gasteiger partial charge on any atom is -0.00923 e. The highest BCUT2D eigenvalue weighted by Crippen LogP contribution is 2.44. The number of hydrogen-bond acceptors (Lipinski definition) is 0. The molecule has 0 atom stereocenters. The molecule has 0 aliphatic heterocycles. The fourth-order valence-corrected chi connectivity index (χ4v) is 9.98. The smallest absolute Gasteiger partial charge is 0.00923 e. The zero-order valence-electron chi connectivity index (χ0n) is 34.1. The van der Waals surface area contributed by atoms with E-state index in [0.29, 0.717) is 0 Å². The Labute approximate surface area is 361 Å². The summed E-state index contributed by atoms with van der Waals surface area (Å²) >= 11 is 0. The Morgan fingerprint density at radius 1 is 0.129 bits per heavy atom. The van der Waals surface area contributed by atoms with Crippen molar-refractivity contribution in [3.8, 4) is 66.8 Å². The first-order valence-electron chi connectivity index (χ1n) is 21.5. The summed E-state index contributed by atoms with van der Waals surface area (Å²) < 4.78 is 0. The molecule has 0 heterocycles. The molecule has 0 unspecified atom stereocenters. The monoisotopic (exact) mass is 784 g/mol. The van der Waals surface area contributed by atoms with Crippen molar-refractivity contribution < 1.29 is 0 Å². The van der Waals surface area contributed by atoms with Crippen molar-refractivity contribution in [3.63, 3.8) is 0 Å². The lowest BCUT2D eigenvalue weighted by molar-refractivity contribution is 1.61. The minimum Gasteiger partial charge on any atom is -0.0622 e. The second kappa shape index (κ2) is 14.9. The summed E-state index contributed by atoms with van der Waals surface area (Å²) in [5.41, 5.74) is 14.8. The predicted molar refractivity (Wildman–Crippen MR) is 267 cm³/mol. The van der Waals surface area contributed by atoms with Crippen LogP contribution in [0.2, 0.25) is 0 Å². The van der Waals surface area contributed by atoms with Gasteiger partial charge in [-0.05, 0) is 145 Å². The van der Waals surface area contributed by atoms with Crippen LogP contribution in [-0.4, -0.2) is 0 Å². The molecule has 0 saturated heterocycles. The fraction of sp³-hybridized carbons (Fsp3) is 0. The van der Waals surface area contributed by atoms with Crippen LogP contribution in [0.15, 0.2) is 243 Å². The summed E-state index contributed by atoms with van der Waals surface area (Å²) in [6.45, 7) is 0. The van der Waals surface area contributed by atoms with Crippen LogP contribution in [0.5, 0.6) is 0 Å². The van der Waals surface area contributed by atoms with Crippen molar-refractivity contribution in [2.24, 2.45) is 0 Å². The quantitative estimate of drug-likeness (QED) is 0.147. The third-order valence-corrected chi connectivity index (χ3v) is 12.9. The molecule has 0 bridgehead atoms. The van der Waals surface area contributed by atoms with Gasteiger partial charge < -0.3 is 0 Å². The Balaban J connectivity index is 1.01. The maximum atomic E-state index is 2.44. The van der Waals surface area contributed by atoms with E-state index in [1.54, 1.807) is 0 Å². The average Bonchev–Trinajstić information content (AvgIpc) is 3.35. The van der Waals surface area contributed by atoms with Gasteiger partial charge >= 0.3 is 0 Å². The van der Waals surface area contributed by atoms with Crippen LogP contribution in [-0.2, 0) is 0 Å². The molecule has 0 radical (unpaired) electrons. The Morgan fingerprint density at radius 2 is 0.371 bits per heavy atom. The first-order chi connectivity index (χ1) is 30.8. The van der Waals surface area contributed by atoms with E-state index in [1.807, 2.05) is 0 Å². The molecular weight excluding hydrogens is 745 g/mol. The molecule has 12 rings (SSSR count). The molecule has 0 fully saturated rings. The van der Waals surface area contributed by atoms with E-state index in [2.05, 4.69) is 243 Å². The summed E-state index contributed by atoms with van der Waals surface area (Å²) in [6, 6.07) is 89.3. The minimum absolute atomic E-state index is 1.21. The molecular formula is C62H40. The van der Waals surface area contributed by atoms with Crippen molar-refractivity contribution in [3.05, 3.63) is 243 Å². The summed E-state index contributed by atoms with van der Waals surface area (Å²) in [6.07, 6.45) is 0. The van der Waals surface area contributed by atoms with Gasteiger partial charge in [0.05, 0.1) is 0 Å². The van der Waals surface area contributed by atoms with Crippen LogP contribution in [0.4, 0.5) is 0 Å². The molecule has 62 heavy (non-hydrogen) atoms.